The first-order valence-corrected chi connectivity index (χ1v) is 11.0. The number of halogens is 2. The first kappa shape index (κ1) is 25.6. The molecule has 0 spiro atoms. The molecule has 2 aliphatic rings. The first-order valence-electron chi connectivity index (χ1n) is 10.3. The van der Waals surface area contributed by atoms with Gasteiger partial charge in [-0.15, -0.1) is 0 Å². The number of nitrogens with zero attached hydrogens (tertiary/aromatic N) is 4. The van der Waals surface area contributed by atoms with Gasteiger partial charge in [-0.1, -0.05) is 0 Å². The monoisotopic (exact) mass is 466 g/mol. The molecule has 0 radical (unpaired) electrons. The van der Waals surface area contributed by atoms with E-state index in [-0.39, 0.29) is 11.8 Å². The Bertz CT molecular complexity index is 613. The summed E-state index contributed by atoms with van der Waals surface area (Å²) >= 11 is 12.7. The average molecular weight is 467 g/mol. The zero-order chi connectivity index (χ0) is 23.1. The van der Waals surface area contributed by atoms with Crippen molar-refractivity contribution in [2.24, 2.45) is 0 Å². The molecule has 0 unspecified atom stereocenters. The SMILES string of the molecule is CC1(C)C(=O)N(CCOCCOCCN2C(=O)C(C)(C)N(Cl)C2(C)C)C(C)(C)N1Cl. The van der Waals surface area contributed by atoms with Crippen molar-refractivity contribution in [2.45, 2.75) is 77.8 Å². The number of hydrogen-bond acceptors (Lipinski definition) is 6. The van der Waals surface area contributed by atoms with E-state index < -0.39 is 22.4 Å². The molecule has 174 valence electrons. The number of ether oxygens (including phenoxy) is 2. The fourth-order valence-corrected chi connectivity index (χ4v) is 4.62. The standard InChI is InChI=1S/C20H36Cl2N4O4/c1-17(2)15(27)23(19(5,6)25(17)21)9-11-29-13-14-30-12-10-24-16(28)18(3,4)26(22)20(24,7)8/h9-14H2,1-8H3. The molecule has 30 heavy (non-hydrogen) atoms. The number of carbonyl (C=O) groups excluding carboxylic acids is 2. The molecule has 8 nitrogen and oxygen atoms in total. The Balaban J connectivity index is 1.68. The second-order valence-electron chi connectivity index (χ2n) is 9.81. The summed E-state index contributed by atoms with van der Waals surface area (Å²) in [5.74, 6) is -0.0343. The summed E-state index contributed by atoms with van der Waals surface area (Å²) in [7, 11) is 0. The lowest BCUT2D eigenvalue weighted by atomic mass is 10.1. The zero-order valence-electron chi connectivity index (χ0n) is 19.4. The van der Waals surface area contributed by atoms with E-state index in [1.165, 1.54) is 0 Å². The molecule has 10 heteroatoms. The molecule has 0 aliphatic carbocycles. The smallest absolute Gasteiger partial charge is 0.245 e. The highest BCUT2D eigenvalue weighted by atomic mass is 35.5. The molecule has 0 aromatic heterocycles. The van der Waals surface area contributed by atoms with Crippen LogP contribution in [0.3, 0.4) is 0 Å². The third-order valence-corrected chi connectivity index (χ3v) is 7.76. The fraction of sp³-hybridized carbons (Fsp3) is 0.900. The van der Waals surface area contributed by atoms with Gasteiger partial charge in [0.1, 0.15) is 22.4 Å². The van der Waals surface area contributed by atoms with Crippen LogP contribution in [0.5, 0.6) is 0 Å². The average Bonchev–Trinajstić information content (AvgIpc) is 2.84. The highest BCUT2D eigenvalue weighted by Gasteiger charge is 2.56. The zero-order valence-corrected chi connectivity index (χ0v) is 20.9. The van der Waals surface area contributed by atoms with Crippen LogP contribution in [0, 0.1) is 0 Å². The molecule has 2 heterocycles. The number of rotatable bonds is 9. The Morgan fingerprint density at radius 3 is 1.17 bits per heavy atom. The third kappa shape index (κ3) is 4.32. The van der Waals surface area contributed by atoms with Crippen molar-refractivity contribution in [1.82, 2.24) is 18.6 Å². The van der Waals surface area contributed by atoms with E-state index in [1.54, 1.807) is 18.6 Å². The predicted octanol–water partition coefficient (Wildman–Crippen LogP) is 2.65. The van der Waals surface area contributed by atoms with Crippen LogP contribution in [0.2, 0.25) is 0 Å². The maximum atomic E-state index is 12.6. The molecule has 2 aliphatic heterocycles. The Morgan fingerprint density at radius 2 is 0.933 bits per heavy atom. The van der Waals surface area contributed by atoms with Crippen molar-refractivity contribution >= 4 is 35.4 Å². The third-order valence-electron chi connectivity index (χ3n) is 6.09. The summed E-state index contributed by atoms with van der Waals surface area (Å²) in [5, 5.41) is 0. The van der Waals surface area contributed by atoms with E-state index in [4.69, 9.17) is 33.0 Å². The van der Waals surface area contributed by atoms with Crippen LogP contribution in [0.25, 0.3) is 0 Å². The molecular weight excluding hydrogens is 431 g/mol. The molecule has 2 rings (SSSR count). The van der Waals surface area contributed by atoms with Gasteiger partial charge in [-0.3, -0.25) is 9.59 Å². The molecule has 0 atom stereocenters. The molecule has 0 aromatic carbocycles. The second kappa shape index (κ2) is 8.71. The van der Waals surface area contributed by atoms with Gasteiger partial charge in [0.15, 0.2) is 0 Å². The summed E-state index contributed by atoms with van der Waals surface area (Å²) in [5.41, 5.74) is -2.66. The van der Waals surface area contributed by atoms with Gasteiger partial charge in [0.2, 0.25) is 11.8 Å². The van der Waals surface area contributed by atoms with Gasteiger partial charge in [-0.05, 0) is 78.9 Å². The van der Waals surface area contributed by atoms with E-state index in [0.29, 0.717) is 39.5 Å². The fourth-order valence-electron chi connectivity index (χ4n) is 4.29. The van der Waals surface area contributed by atoms with Gasteiger partial charge in [0, 0.05) is 13.1 Å². The first-order chi connectivity index (χ1) is 13.6. The van der Waals surface area contributed by atoms with Crippen LogP contribution in [-0.4, -0.2) is 92.4 Å². The summed E-state index contributed by atoms with van der Waals surface area (Å²) in [6.07, 6.45) is 0. The molecule has 0 bridgehead atoms. The van der Waals surface area contributed by atoms with Crippen molar-refractivity contribution in [1.29, 1.82) is 0 Å². The lowest BCUT2D eigenvalue weighted by Gasteiger charge is -2.35. The molecule has 2 fully saturated rings. The van der Waals surface area contributed by atoms with Crippen LogP contribution in [0.4, 0.5) is 0 Å². The highest BCUT2D eigenvalue weighted by molar-refractivity contribution is 6.17. The van der Waals surface area contributed by atoms with E-state index in [1.807, 2.05) is 55.4 Å². The number of amides is 2. The van der Waals surface area contributed by atoms with Crippen molar-refractivity contribution in [3.05, 3.63) is 0 Å². The minimum Gasteiger partial charge on any atom is -0.377 e. The topological polar surface area (TPSA) is 65.6 Å². The Kier molecular flexibility index (Phi) is 7.44. The molecule has 0 N–H and O–H groups in total. The van der Waals surface area contributed by atoms with Crippen LogP contribution in [0.15, 0.2) is 0 Å². The van der Waals surface area contributed by atoms with Crippen molar-refractivity contribution in [3.63, 3.8) is 0 Å². The highest BCUT2D eigenvalue weighted by Crippen LogP contribution is 2.40. The summed E-state index contributed by atoms with van der Waals surface area (Å²) in [6, 6.07) is 0. The van der Waals surface area contributed by atoms with E-state index in [0.717, 1.165) is 0 Å². The number of hydrogen-bond donors (Lipinski definition) is 0. The minimum absolute atomic E-state index is 0.0171. The normalized spacial score (nSPS) is 25.5. The Hall–Kier alpha value is -0.640. The lowest BCUT2D eigenvalue weighted by Crippen LogP contribution is -2.48. The predicted molar refractivity (Wildman–Crippen MR) is 117 cm³/mol. The summed E-state index contributed by atoms with van der Waals surface area (Å²) in [4.78, 5) is 28.7. The van der Waals surface area contributed by atoms with Crippen LogP contribution < -0.4 is 0 Å². The maximum Gasteiger partial charge on any atom is 0.245 e. The lowest BCUT2D eigenvalue weighted by molar-refractivity contribution is -0.135. The summed E-state index contributed by atoms with van der Waals surface area (Å²) in [6.45, 7) is 17.4. The van der Waals surface area contributed by atoms with Crippen molar-refractivity contribution in [3.8, 4) is 0 Å². The largest absolute Gasteiger partial charge is 0.377 e. The van der Waals surface area contributed by atoms with Gasteiger partial charge in [-0.25, -0.2) is 0 Å². The molecule has 2 amide bonds. The Morgan fingerprint density at radius 1 is 0.633 bits per heavy atom. The number of carbonyl (C=O) groups is 2. The van der Waals surface area contributed by atoms with Crippen molar-refractivity contribution < 1.29 is 19.1 Å². The molecular formula is C20H36Cl2N4O4. The van der Waals surface area contributed by atoms with Crippen LogP contribution in [0.1, 0.15) is 55.4 Å². The van der Waals surface area contributed by atoms with Gasteiger partial charge in [0.25, 0.3) is 0 Å². The van der Waals surface area contributed by atoms with Gasteiger partial charge < -0.3 is 19.3 Å². The van der Waals surface area contributed by atoms with E-state index >= 15 is 0 Å². The molecule has 0 aromatic rings. The van der Waals surface area contributed by atoms with Gasteiger partial charge in [0.05, 0.1) is 26.4 Å². The van der Waals surface area contributed by atoms with Crippen LogP contribution >= 0.6 is 23.6 Å². The second-order valence-corrected chi connectivity index (χ2v) is 10.5. The Labute approximate surface area is 190 Å². The van der Waals surface area contributed by atoms with E-state index in [2.05, 4.69) is 0 Å². The van der Waals surface area contributed by atoms with Crippen molar-refractivity contribution in [2.75, 3.05) is 39.5 Å². The van der Waals surface area contributed by atoms with Gasteiger partial charge >= 0.3 is 0 Å². The quantitative estimate of drug-likeness (QED) is 0.384. The van der Waals surface area contributed by atoms with Gasteiger partial charge in [-0.2, -0.15) is 8.84 Å². The molecule has 0 saturated carbocycles. The maximum absolute atomic E-state index is 12.6. The van der Waals surface area contributed by atoms with E-state index in [9.17, 15) is 9.59 Å². The molecule has 2 saturated heterocycles. The minimum atomic E-state index is -0.748. The summed E-state index contributed by atoms with van der Waals surface area (Å²) < 4.78 is 14.4. The van der Waals surface area contributed by atoms with Crippen LogP contribution in [-0.2, 0) is 19.1 Å².